The van der Waals surface area contributed by atoms with Gasteiger partial charge in [0.2, 0.25) is 5.91 Å². The standard InChI is InChI=1S/C11H19N3O6/c1-3-4-12-8(15)6-14(2)11(20)13-7(10(18)19)5-9(16)17/h7H,3-6H2,1-2H3,(H,12,15)(H,13,20)(H,16,17)(H,18,19)/t7-/m1/s1. The van der Waals surface area contributed by atoms with Crippen molar-refractivity contribution in [1.29, 1.82) is 0 Å². The van der Waals surface area contributed by atoms with Crippen LogP contribution in [0.1, 0.15) is 19.8 Å². The van der Waals surface area contributed by atoms with E-state index < -0.39 is 30.4 Å². The molecule has 0 aliphatic rings. The molecule has 0 rings (SSSR count). The van der Waals surface area contributed by atoms with Gasteiger partial charge < -0.3 is 25.7 Å². The van der Waals surface area contributed by atoms with Crippen molar-refractivity contribution in [2.75, 3.05) is 20.1 Å². The van der Waals surface area contributed by atoms with Crippen LogP contribution in [0.25, 0.3) is 0 Å². The summed E-state index contributed by atoms with van der Waals surface area (Å²) in [5.41, 5.74) is 0. The summed E-state index contributed by atoms with van der Waals surface area (Å²) in [7, 11) is 1.31. The van der Waals surface area contributed by atoms with Gasteiger partial charge in [0.1, 0.15) is 12.6 Å². The number of carbonyl (C=O) groups excluding carboxylic acids is 2. The number of nitrogens with zero attached hydrogens (tertiary/aromatic N) is 1. The zero-order valence-electron chi connectivity index (χ0n) is 11.4. The molecule has 0 saturated carbocycles. The van der Waals surface area contributed by atoms with Crippen molar-refractivity contribution in [3.8, 4) is 0 Å². The van der Waals surface area contributed by atoms with Crippen molar-refractivity contribution in [1.82, 2.24) is 15.5 Å². The molecule has 0 aromatic heterocycles. The van der Waals surface area contributed by atoms with Gasteiger partial charge in [-0.05, 0) is 6.42 Å². The second-order valence-corrected chi connectivity index (χ2v) is 4.14. The molecule has 9 nitrogen and oxygen atoms in total. The van der Waals surface area contributed by atoms with E-state index in [0.29, 0.717) is 6.54 Å². The Morgan fingerprint density at radius 1 is 1.20 bits per heavy atom. The number of nitrogens with one attached hydrogen (secondary N) is 2. The largest absolute Gasteiger partial charge is 0.481 e. The normalized spacial score (nSPS) is 11.3. The van der Waals surface area contributed by atoms with Gasteiger partial charge in [-0.1, -0.05) is 6.92 Å². The third kappa shape index (κ3) is 7.19. The molecule has 0 radical (unpaired) electrons. The number of carboxylic acids is 2. The minimum absolute atomic E-state index is 0.245. The molecule has 4 N–H and O–H groups in total. The second-order valence-electron chi connectivity index (χ2n) is 4.14. The highest BCUT2D eigenvalue weighted by atomic mass is 16.4. The van der Waals surface area contributed by atoms with Gasteiger partial charge in [0.05, 0.1) is 6.42 Å². The van der Waals surface area contributed by atoms with Crippen LogP contribution < -0.4 is 10.6 Å². The van der Waals surface area contributed by atoms with Crippen LogP contribution in [0.5, 0.6) is 0 Å². The van der Waals surface area contributed by atoms with Crippen molar-refractivity contribution in [2.45, 2.75) is 25.8 Å². The van der Waals surface area contributed by atoms with Gasteiger partial charge in [-0.2, -0.15) is 0 Å². The first-order valence-corrected chi connectivity index (χ1v) is 6.00. The number of rotatable bonds is 8. The van der Waals surface area contributed by atoms with E-state index in [9.17, 15) is 19.2 Å². The van der Waals surface area contributed by atoms with Crippen LogP contribution in [0.2, 0.25) is 0 Å². The number of hydrogen-bond acceptors (Lipinski definition) is 4. The third-order valence-electron chi connectivity index (χ3n) is 2.27. The quantitative estimate of drug-likeness (QED) is 0.456. The van der Waals surface area contributed by atoms with Crippen LogP contribution in [0.15, 0.2) is 0 Å². The Balaban J connectivity index is 4.38. The average Bonchev–Trinajstić information content (AvgIpc) is 2.34. The summed E-state index contributed by atoms with van der Waals surface area (Å²) in [6.07, 6.45) is 0.0122. The topological polar surface area (TPSA) is 136 Å². The van der Waals surface area contributed by atoms with Crippen LogP contribution in [-0.2, 0) is 14.4 Å². The van der Waals surface area contributed by atoms with E-state index in [2.05, 4.69) is 5.32 Å². The van der Waals surface area contributed by atoms with Crippen LogP contribution in [0, 0.1) is 0 Å². The van der Waals surface area contributed by atoms with E-state index in [-0.39, 0.29) is 12.5 Å². The molecule has 20 heavy (non-hydrogen) atoms. The fourth-order valence-electron chi connectivity index (χ4n) is 1.24. The maximum Gasteiger partial charge on any atom is 0.326 e. The maximum atomic E-state index is 11.6. The van der Waals surface area contributed by atoms with Crippen LogP contribution in [-0.4, -0.2) is 65.2 Å². The fourth-order valence-corrected chi connectivity index (χ4v) is 1.24. The number of likely N-dealkylation sites (N-methyl/N-ethyl adjacent to an activating group) is 1. The van der Waals surface area contributed by atoms with Crippen LogP contribution >= 0.6 is 0 Å². The number of urea groups is 1. The molecule has 0 fully saturated rings. The van der Waals surface area contributed by atoms with Gasteiger partial charge in [0.15, 0.2) is 0 Å². The molecule has 0 aromatic carbocycles. The first kappa shape index (κ1) is 17.7. The lowest BCUT2D eigenvalue weighted by Gasteiger charge is -2.20. The summed E-state index contributed by atoms with van der Waals surface area (Å²) in [6, 6.07) is -2.37. The molecular weight excluding hydrogens is 270 g/mol. The number of amides is 3. The summed E-state index contributed by atoms with van der Waals surface area (Å²) >= 11 is 0. The zero-order valence-corrected chi connectivity index (χ0v) is 11.4. The highest BCUT2D eigenvalue weighted by Crippen LogP contribution is 1.95. The SMILES string of the molecule is CCCNC(=O)CN(C)C(=O)N[C@H](CC(=O)O)C(=O)O. The van der Waals surface area contributed by atoms with Gasteiger partial charge in [-0.25, -0.2) is 9.59 Å². The molecule has 0 spiro atoms. The average molecular weight is 289 g/mol. The van der Waals surface area contributed by atoms with Gasteiger partial charge in [-0.15, -0.1) is 0 Å². The monoisotopic (exact) mass is 289 g/mol. The van der Waals surface area contributed by atoms with Crippen molar-refractivity contribution in [3.05, 3.63) is 0 Å². The van der Waals surface area contributed by atoms with E-state index in [0.717, 1.165) is 11.3 Å². The Bertz CT molecular complexity index is 384. The van der Waals surface area contributed by atoms with E-state index in [4.69, 9.17) is 10.2 Å². The smallest absolute Gasteiger partial charge is 0.326 e. The molecular formula is C11H19N3O6. The molecule has 0 aliphatic carbocycles. The molecule has 0 aliphatic heterocycles. The van der Waals surface area contributed by atoms with Crippen LogP contribution in [0.3, 0.4) is 0 Å². The molecule has 9 heteroatoms. The molecule has 0 heterocycles. The molecule has 0 aromatic rings. The Hall–Kier alpha value is -2.32. The highest BCUT2D eigenvalue weighted by Gasteiger charge is 2.24. The Morgan fingerprint density at radius 2 is 1.80 bits per heavy atom. The molecule has 114 valence electrons. The van der Waals surface area contributed by atoms with Gasteiger partial charge in [0, 0.05) is 13.6 Å². The lowest BCUT2D eigenvalue weighted by atomic mass is 10.2. The summed E-state index contributed by atoms with van der Waals surface area (Å²) in [4.78, 5) is 45.2. The van der Waals surface area contributed by atoms with Crippen LogP contribution in [0.4, 0.5) is 4.79 Å². The summed E-state index contributed by atoms with van der Waals surface area (Å²) < 4.78 is 0. The van der Waals surface area contributed by atoms with Crippen molar-refractivity contribution >= 4 is 23.9 Å². The zero-order chi connectivity index (χ0) is 15.7. The highest BCUT2D eigenvalue weighted by molar-refractivity contribution is 5.88. The third-order valence-corrected chi connectivity index (χ3v) is 2.27. The van der Waals surface area contributed by atoms with E-state index in [1.54, 1.807) is 0 Å². The first-order valence-electron chi connectivity index (χ1n) is 6.00. The second kappa shape index (κ2) is 8.73. The molecule has 3 amide bonds. The predicted molar refractivity (Wildman–Crippen MR) is 68.1 cm³/mol. The van der Waals surface area contributed by atoms with Crippen molar-refractivity contribution in [2.24, 2.45) is 0 Å². The van der Waals surface area contributed by atoms with Gasteiger partial charge in [0.25, 0.3) is 0 Å². The van der Waals surface area contributed by atoms with Gasteiger partial charge in [-0.3, -0.25) is 9.59 Å². The van der Waals surface area contributed by atoms with Crippen molar-refractivity contribution < 1.29 is 29.4 Å². The van der Waals surface area contributed by atoms with E-state index >= 15 is 0 Å². The minimum Gasteiger partial charge on any atom is -0.481 e. The molecule has 0 bridgehead atoms. The van der Waals surface area contributed by atoms with Crippen molar-refractivity contribution in [3.63, 3.8) is 0 Å². The minimum atomic E-state index is -1.54. The maximum absolute atomic E-state index is 11.6. The number of carboxylic acid groups (broad SMARTS) is 2. The fraction of sp³-hybridized carbons (Fsp3) is 0.636. The van der Waals surface area contributed by atoms with E-state index in [1.807, 2.05) is 12.2 Å². The Labute approximate surface area is 115 Å². The lowest BCUT2D eigenvalue weighted by molar-refractivity contribution is -0.145. The number of hydrogen-bond donors (Lipinski definition) is 4. The number of aliphatic carboxylic acids is 2. The Morgan fingerprint density at radius 3 is 2.25 bits per heavy atom. The lowest BCUT2D eigenvalue weighted by Crippen LogP contribution is -2.49. The summed E-state index contributed by atoms with van der Waals surface area (Å²) in [5.74, 6) is -3.18. The first-order chi connectivity index (χ1) is 9.27. The van der Waals surface area contributed by atoms with E-state index in [1.165, 1.54) is 7.05 Å². The summed E-state index contributed by atoms with van der Waals surface area (Å²) in [6.45, 7) is 2.11. The molecule has 0 unspecified atom stereocenters. The van der Waals surface area contributed by atoms with Gasteiger partial charge >= 0.3 is 18.0 Å². The number of carbonyl (C=O) groups is 4. The predicted octanol–water partition coefficient (Wildman–Crippen LogP) is -0.918. The summed E-state index contributed by atoms with van der Waals surface area (Å²) in [5, 5.41) is 21.9. The molecule has 1 atom stereocenters. The molecule has 0 saturated heterocycles. The Kier molecular flexibility index (Phi) is 7.71.